The van der Waals surface area contributed by atoms with Crippen LogP contribution in [-0.2, 0) is 14.9 Å². The lowest BCUT2D eigenvalue weighted by Gasteiger charge is -2.27. The summed E-state index contributed by atoms with van der Waals surface area (Å²) >= 11 is 0. The van der Waals surface area contributed by atoms with Crippen LogP contribution >= 0.6 is 0 Å². The number of benzene rings is 1. The molecule has 92 valence electrons. The summed E-state index contributed by atoms with van der Waals surface area (Å²) in [6.45, 7) is 4.19. The Bertz CT molecular complexity index is 429. The molecule has 17 heavy (non-hydrogen) atoms. The molecule has 0 saturated heterocycles. The molecule has 1 fully saturated rings. The molecule has 1 aromatic carbocycles. The van der Waals surface area contributed by atoms with Crippen molar-refractivity contribution in [3.8, 4) is 0 Å². The Morgan fingerprint density at radius 1 is 1.18 bits per heavy atom. The van der Waals surface area contributed by atoms with E-state index in [2.05, 4.69) is 32.0 Å². The molecule has 1 aliphatic rings. The fraction of sp³-hybridized carbons (Fsp3) is 0.533. The fourth-order valence-corrected chi connectivity index (χ4v) is 2.82. The highest BCUT2D eigenvalue weighted by Crippen LogP contribution is 2.42. The van der Waals surface area contributed by atoms with Crippen molar-refractivity contribution < 1.29 is 9.53 Å². The summed E-state index contributed by atoms with van der Waals surface area (Å²) in [4.78, 5) is 12.1. The van der Waals surface area contributed by atoms with Crippen LogP contribution in [0.25, 0.3) is 0 Å². The molecule has 0 heterocycles. The highest BCUT2D eigenvalue weighted by Gasteiger charge is 2.43. The molecule has 0 atom stereocenters. The van der Waals surface area contributed by atoms with Crippen molar-refractivity contribution in [2.24, 2.45) is 0 Å². The van der Waals surface area contributed by atoms with Crippen molar-refractivity contribution in [2.45, 2.75) is 44.9 Å². The zero-order chi connectivity index (χ0) is 12.5. The number of esters is 1. The Balaban J connectivity index is 2.46. The van der Waals surface area contributed by atoms with E-state index in [0.717, 1.165) is 31.2 Å². The van der Waals surface area contributed by atoms with Gasteiger partial charge in [0.2, 0.25) is 0 Å². The van der Waals surface area contributed by atoms with Crippen LogP contribution in [0.3, 0.4) is 0 Å². The Morgan fingerprint density at radius 2 is 1.82 bits per heavy atom. The summed E-state index contributed by atoms with van der Waals surface area (Å²) in [5, 5.41) is 0. The van der Waals surface area contributed by atoms with Gasteiger partial charge in [0, 0.05) is 0 Å². The van der Waals surface area contributed by atoms with Crippen molar-refractivity contribution >= 4 is 5.97 Å². The Labute approximate surface area is 103 Å². The minimum absolute atomic E-state index is 0.0711. The smallest absolute Gasteiger partial charge is 0.316 e. The molecule has 0 aromatic heterocycles. The second kappa shape index (κ2) is 4.52. The zero-order valence-electron chi connectivity index (χ0n) is 10.9. The molecule has 0 unspecified atom stereocenters. The molecule has 1 aromatic rings. The van der Waals surface area contributed by atoms with Crippen LogP contribution in [0.2, 0.25) is 0 Å². The Hall–Kier alpha value is -1.31. The van der Waals surface area contributed by atoms with Crippen molar-refractivity contribution in [1.29, 1.82) is 0 Å². The summed E-state index contributed by atoms with van der Waals surface area (Å²) in [6.07, 6.45) is 4.06. The third-order valence-corrected chi connectivity index (χ3v) is 4.09. The van der Waals surface area contributed by atoms with E-state index in [0.29, 0.717) is 0 Å². The van der Waals surface area contributed by atoms with E-state index in [1.165, 1.54) is 18.2 Å². The van der Waals surface area contributed by atoms with Gasteiger partial charge in [-0.1, -0.05) is 31.0 Å². The van der Waals surface area contributed by atoms with E-state index in [1.807, 2.05) is 0 Å². The quantitative estimate of drug-likeness (QED) is 0.731. The molecule has 0 amide bonds. The lowest BCUT2D eigenvalue weighted by molar-refractivity contribution is -0.147. The van der Waals surface area contributed by atoms with Gasteiger partial charge in [0.1, 0.15) is 0 Å². The fourth-order valence-electron chi connectivity index (χ4n) is 2.82. The first-order chi connectivity index (χ1) is 8.10. The van der Waals surface area contributed by atoms with E-state index in [9.17, 15) is 4.79 Å². The second-order valence-electron chi connectivity index (χ2n) is 5.08. The number of methoxy groups -OCH3 is 1. The van der Waals surface area contributed by atoms with Gasteiger partial charge in [-0.2, -0.15) is 0 Å². The number of carbonyl (C=O) groups excluding carboxylic acids is 1. The first-order valence-electron chi connectivity index (χ1n) is 6.26. The van der Waals surface area contributed by atoms with Crippen LogP contribution in [0.5, 0.6) is 0 Å². The maximum Gasteiger partial charge on any atom is 0.316 e. The average molecular weight is 232 g/mol. The van der Waals surface area contributed by atoms with E-state index in [-0.39, 0.29) is 11.4 Å². The van der Waals surface area contributed by atoms with E-state index < -0.39 is 0 Å². The second-order valence-corrected chi connectivity index (χ2v) is 5.08. The van der Waals surface area contributed by atoms with Gasteiger partial charge in [-0.05, 0) is 43.4 Å². The van der Waals surface area contributed by atoms with Gasteiger partial charge in [0.25, 0.3) is 0 Å². The predicted octanol–water partition coefficient (Wildman–Crippen LogP) is 3.29. The molecule has 2 rings (SSSR count). The van der Waals surface area contributed by atoms with Crippen molar-refractivity contribution in [3.05, 3.63) is 34.9 Å². The largest absolute Gasteiger partial charge is 0.468 e. The van der Waals surface area contributed by atoms with Crippen LogP contribution in [0.1, 0.15) is 42.4 Å². The molecule has 0 bridgehead atoms. The summed E-state index contributed by atoms with van der Waals surface area (Å²) in [7, 11) is 1.49. The van der Waals surface area contributed by atoms with Crippen LogP contribution in [0.4, 0.5) is 0 Å². The number of carbonyl (C=O) groups is 1. The molecule has 1 saturated carbocycles. The number of hydrogen-bond donors (Lipinski definition) is 0. The van der Waals surface area contributed by atoms with Crippen molar-refractivity contribution in [2.75, 3.05) is 7.11 Å². The van der Waals surface area contributed by atoms with Crippen molar-refractivity contribution in [3.63, 3.8) is 0 Å². The van der Waals surface area contributed by atoms with Crippen LogP contribution < -0.4 is 0 Å². The Kier molecular flexibility index (Phi) is 3.23. The minimum atomic E-state index is -0.382. The number of rotatable bonds is 2. The minimum Gasteiger partial charge on any atom is -0.468 e. The highest BCUT2D eigenvalue weighted by molar-refractivity contribution is 5.83. The lowest BCUT2D eigenvalue weighted by atomic mass is 9.78. The van der Waals surface area contributed by atoms with Gasteiger partial charge in [-0.15, -0.1) is 0 Å². The first-order valence-corrected chi connectivity index (χ1v) is 6.26. The highest BCUT2D eigenvalue weighted by atomic mass is 16.5. The lowest BCUT2D eigenvalue weighted by Crippen LogP contribution is -2.34. The van der Waals surface area contributed by atoms with E-state index >= 15 is 0 Å². The molecule has 0 radical (unpaired) electrons. The van der Waals surface area contributed by atoms with Crippen molar-refractivity contribution in [1.82, 2.24) is 0 Å². The summed E-state index contributed by atoms with van der Waals surface area (Å²) in [5.74, 6) is -0.0711. The zero-order valence-corrected chi connectivity index (χ0v) is 10.9. The molecule has 2 heteroatoms. The topological polar surface area (TPSA) is 26.3 Å². The summed E-state index contributed by atoms with van der Waals surface area (Å²) < 4.78 is 5.02. The Morgan fingerprint density at radius 3 is 2.35 bits per heavy atom. The molecule has 0 N–H and O–H groups in total. The monoisotopic (exact) mass is 232 g/mol. The van der Waals surface area contributed by atoms with Crippen LogP contribution in [0.15, 0.2) is 18.2 Å². The molecule has 2 nitrogen and oxygen atoms in total. The standard InChI is InChI=1S/C15H20O2/c1-11-6-7-13(10-12(11)2)15(14(16)17-3)8-4-5-9-15/h6-7,10H,4-5,8-9H2,1-3H3. The third-order valence-electron chi connectivity index (χ3n) is 4.09. The number of hydrogen-bond acceptors (Lipinski definition) is 2. The summed E-state index contributed by atoms with van der Waals surface area (Å²) in [5.41, 5.74) is 3.27. The van der Waals surface area contributed by atoms with Gasteiger partial charge in [0.15, 0.2) is 0 Å². The third kappa shape index (κ3) is 1.97. The first kappa shape index (κ1) is 12.2. The van der Waals surface area contributed by atoms with Crippen LogP contribution in [0, 0.1) is 13.8 Å². The maximum atomic E-state index is 12.1. The molecule has 0 aliphatic heterocycles. The molecule has 1 aliphatic carbocycles. The predicted molar refractivity (Wildman–Crippen MR) is 68.1 cm³/mol. The van der Waals surface area contributed by atoms with Gasteiger partial charge >= 0.3 is 5.97 Å². The van der Waals surface area contributed by atoms with Crippen LogP contribution in [-0.4, -0.2) is 13.1 Å². The van der Waals surface area contributed by atoms with Gasteiger partial charge in [-0.3, -0.25) is 4.79 Å². The molecule has 0 spiro atoms. The molecular weight excluding hydrogens is 212 g/mol. The summed E-state index contributed by atoms with van der Waals surface area (Å²) in [6, 6.07) is 6.34. The van der Waals surface area contributed by atoms with Gasteiger partial charge < -0.3 is 4.74 Å². The van der Waals surface area contributed by atoms with E-state index in [1.54, 1.807) is 0 Å². The SMILES string of the molecule is COC(=O)C1(c2ccc(C)c(C)c2)CCCC1. The van der Waals surface area contributed by atoms with E-state index in [4.69, 9.17) is 4.74 Å². The normalized spacial score (nSPS) is 18.1. The maximum absolute atomic E-state index is 12.1. The number of aryl methyl sites for hydroxylation is 2. The average Bonchev–Trinajstić information content (AvgIpc) is 2.82. The number of ether oxygens (including phenoxy) is 1. The van der Waals surface area contributed by atoms with Gasteiger partial charge in [0.05, 0.1) is 12.5 Å². The molecular formula is C15H20O2. The van der Waals surface area contributed by atoms with Gasteiger partial charge in [-0.25, -0.2) is 0 Å².